The van der Waals surface area contributed by atoms with Gasteiger partial charge in [-0.2, -0.15) is 4.98 Å². The monoisotopic (exact) mass is 703 g/mol. The van der Waals surface area contributed by atoms with Gasteiger partial charge in [0.05, 0.1) is 11.8 Å². The number of benzene rings is 1. The van der Waals surface area contributed by atoms with Crippen LogP contribution in [0.1, 0.15) is 78.6 Å². The Labute approximate surface area is 283 Å². The van der Waals surface area contributed by atoms with Gasteiger partial charge in [-0.25, -0.2) is 17.6 Å². The van der Waals surface area contributed by atoms with Crippen molar-refractivity contribution < 1.29 is 45.9 Å². The van der Waals surface area contributed by atoms with Gasteiger partial charge in [0.1, 0.15) is 34.8 Å². The molecular weight excluding hydrogens is 661 g/mol. The summed E-state index contributed by atoms with van der Waals surface area (Å²) in [6.07, 6.45) is 5.93. The van der Waals surface area contributed by atoms with Crippen molar-refractivity contribution in [3.05, 3.63) is 36.2 Å². The minimum absolute atomic E-state index is 0.0590. The number of para-hydroxylation sites is 1. The molecule has 3 fully saturated rings. The number of oxazole rings is 1. The van der Waals surface area contributed by atoms with Gasteiger partial charge < -0.3 is 29.4 Å². The maximum atomic E-state index is 14.3. The average Bonchev–Trinajstić information content (AvgIpc) is 3.90. The molecule has 6 rings (SSSR count). The van der Waals surface area contributed by atoms with Crippen LogP contribution in [-0.4, -0.2) is 83.2 Å². The lowest BCUT2D eigenvalue weighted by Crippen LogP contribution is -2.58. The molecule has 2 aromatic rings. The third kappa shape index (κ3) is 7.84. The van der Waals surface area contributed by atoms with Gasteiger partial charge in [0.2, 0.25) is 21.8 Å². The van der Waals surface area contributed by atoms with Gasteiger partial charge >= 0.3 is 12.2 Å². The lowest BCUT2D eigenvalue weighted by molar-refractivity contribution is -0.141. The van der Waals surface area contributed by atoms with Crippen molar-refractivity contribution in [2.75, 3.05) is 6.54 Å². The van der Waals surface area contributed by atoms with E-state index in [1.807, 2.05) is 12.2 Å². The summed E-state index contributed by atoms with van der Waals surface area (Å²) in [7, 11) is -3.90. The fraction of sp³-hybridized carbons (Fsp3) is 0.606. The number of fused-ring (bicyclic) bond motifs is 3. The summed E-state index contributed by atoms with van der Waals surface area (Å²) in [5, 5.41) is 4.83. The summed E-state index contributed by atoms with van der Waals surface area (Å²) in [4.78, 5) is 60.2. The van der Waals surface area contributed by atoms with E-state index in [4.69, 9.17) is 13.9 Å². The second-order valence-electron chi connectivity index (χ2n) is 14.3. The second kappa shape index (κ2) is 13.2. The van der Waals surface area contributed by atoms with E-state index in [2.05, 4.69) is 20.3 Å². The van der Waals surface area contributed by atoms with Crippen LogP contribution in [0.4, 0.5) is 9.18 Å². The summed E-state index contributed by atoms with van der Waals surface area (Å²) in [5.41, 5.74) is -2.24. The molecule has 3 N–H and O–H groups in total. The number of allylic oxidation sites excluding steroid dienone is 1. The fourth-order valence-corrected chi connectivity index (χ4v) is 7.75. The maximum Gasteiger partial charge on any atom is 0.408 e. The van der Waals surface area contributed by atoms with Gasteiger partial charge in [-0.3, -0.25) is 19.1 Å². The molecule has 3 heterocycles. The summed E-state index contributed by atoms with van der Waals surface area (Å²) >= 11 is 0. The summed E-state index contributed by atoms with van der Waals surface area (Å²) < 4.78 is 58.8. The molecule has 0 spiro atoms. The zero-order valence-electron chi connectivity index (χ0n) is 27.7. The molecule has 0 bridgehead atoms. The van der Waals surface area contributed by atoms with Crippen molar-refractivity contribution in [1.29, 1.82) is 0 Å². The summed E-state index contributed by atoms with van der Waals surface area (Å²) in [6.45, 7) is 4.98. The molecule has 4 aliphatic rings. The van der Waals surface area contributed by atoms with E-state index < -0.39 is 80.2 Å². The van der Waals surface area contributed by atoms with Gasteiger partial charge in [0.25, 0.3) is 5.91 Å². The van der Waals surface area contributed by atoms with Gasteiger partial charge in [-0.05, 0) is 71.4 Å². The number of hydrogen-bond donors (Lipinski definition) is 3. The van der Waals surface area contributed by atoms with E-state index in [1.54, 1.807) is 26.8 Å². The molecule has 4 amide bonds. The zero-order chi connectivity index (χ0) is 35.1. The molecule has 0 unspecified atom stereocenters. The topological polar surface area (TPSA) is 186 Å². The van der Waals surface area contributed by atoms with E-state index in [1.165, 1.54) is 17.0 Å². The first kappa shape index (κ1) is 34.6. The molecule has 1 aromatic heterocycles. The molecule has 49 heavy (non-hydrogen) atoms. The molecule has 266 valence electrons. The average molecular weight is 704 g/mol. The normalized spacial score (nSPS) is 28.7. The third-order valence-electron chi connectivity index (χ3n) is 9.15. The Morgan fingerprint density at radius 2 is 1.92 bits per heavy atom. The van der Waals surface area contributed by atoms with E-state index in [9.17, 15) is 32.0 Å². The number of sulfonamides is 1. The Bertz CT molecular complexity index is 1770. The van der Waals surface area contributed by atoms with Crippen LogP contribution in [0.25, 0.3) is 11.1 Å². The fourth-order valence-electron chi connectivity index (χ4n) is 6.39. The SMILES string of the molecule is CC(C)(C)OC(=O)N[C@H]1CCCCC/C=C\[C@H]2C[C@@]2(C(=O)NS(=O)(=O)C2CC2)NC(=O)[C@@H]2C[C@@H](Oc3nc4cccc(F)c4o3)CN2C1=O. The molecule has 2 aliphatic carbocycles. The van der Waals surface area contributed by atoms with E-state index in [0.29, 0.717) is 25.7 Å². The number of carbonyl (C=O) groups is 4. The van der Waals surface area contributed by atoms with Crippen LogP contribution in [0.15, 0.2) is 34.8 Å². The predicted molar refractivity (Wildman–Crippen MR) is 173 cm³/mol. The highest BCUT2D eigenvalue weighted by molar-refractivity contribution is 7.91. The van der Waals surface area contributed by atoms with E-state index in [-0.39, 0.29) is 43.0 Å². The molecular formula is C33H42FN5O9S. The number of halogens is 1. The molecule has 2 aliphatic heterocycles. The smallest absolute Gasteiger partial charge is 0.408 e. The highest BCUT2D eigenvalue weighted by Gasteiger charge is 2.62. The number of nitrogens with one attached hydrogen (secondary N) is 3. The summed E-state index contributed by atoms with van der Waals surface area (Å²) in [6, 6.07) is 2.01. The van der Waals surface area contributed by atoms with E-state index >= 15 is 0 Å². The maximum absolute atomic E-state index is 14.3. The number of alkyl carbamates (subject to hydrolysis) is 1. The van der Waals surface area contributed by atoms with E-state index in [0.717, 1.165) is 12.8 Å². The number of hydrogen-bond acceptors (Lipinski definition) is 10. The van der Waals surface area contributed by atoms with Gasteiger partial charge in [-0.1, -0.05) is 31.1 Å². The minimum atomic E-state index is -3.90. The van der Waals surface area contributed by atoms with Crippen LogP contribution in [-0.2, 0) is 29.1 Å². The lowest BCUT2D eigenvalue weighted by Gasteiger charge is -2.30. The zero-order valence-corrected chi connectivity index (χ0v) is 28.5. The predicted octanol–water partition coefficient (Wildman–Crippen LogP) is 3.21. The number of aromatic nitrogens is 1. The van der Waals surface area contributed by atoms with Crippen LogP contribution in [0.5, 0.6) is 6.08 Å². The lowest BCUT2D eigenvalue weighted by atomic mass is 10.0. The Kier molecular flexibility index (Phi) is 9.37. The molecule has 16 heteroatoms. The Morgan fingerprint density at radius 3 is 2.63 bits per heavy atom. The quantitative estimate of drug-likeness (QED) is 0.377. The van der Waals surface area contributed by atoms with Gasteiger partial charge in [0.15, 0.2) is 11.4 Å². The first-order valence-electron chi connectivity index (χ1n) is 16.7. The van der Waals surface area contributed by atoms with Crippen molar-refractivity contribution in [2.24, 2.45) is 5.92 Å². The molecule has 5 atom stereocenters. The van der Waals surface area contributed by atoms with Crippen LogP contribution in [0.3, 0.4) is 0 Å². The van der Waals surface area contributed by atoms with Crippen LogP contribution < -0.4 is 20.1 Å². The van der Waals surface area contributed by atoms with Crippen LogP contribution in [0, 0.1) is 11.7 Å². The number of carbonyl (C=O) groups excluding carboxylic acids is 4. The second-order valence-corrected chi connectivity index (χ2v) is 16.2. The van der Waals surface area contributed by atoms with Gasteiger partial charge in [-0.15, -0.1) is 0 Å². The standard InChI is InChI=1S/C33H42FN5O9S/c1-32(2,3)48-30(43)35-24-12-8-6-4-5-7-10-19-17-33(19,29(42)38-49(44,45)21-14-15-21)37-27(40)25-16-20(18-39(25)28(24)41)46-31-36-23-13-9-11-22(34)26(23)47-31/h7,9-11,13,19-21,24-25H,4-6,8,12,14-18H2,1-3H3,(H,35,43)(H,37,40)(H,38,42)/b10-7-/t19-,20+,24-,25-,33+/m0/s1. The molecule has 2 saturated carbocycles. The van der Waals surface area contributed by atoms with Crippen molar-refractivity contribution in [2.45, 2.75) is 113 Å². The number of rotatable bonds is 6. The Morgan fingerprint density at radius 1 is 1.14 bits per heavy atom. The van der Waals surface area contributed by atoms with Crippen LogP contribution in [0.2, 0.25) is 0 Å². The van der Waals surface area contributed by atoms with Gasteiger partial charge in [0, 0.05) is 12.3 Å². The first-order chi connectivity index (χ1) is 23.1. The van der Waals surface area contributed by atoms with Crippen molar-refractivity contribution in [3.8, 4) is 6.08 Å². The van der Waals surface area contributed by atoms with Crippen molar-refractivity contribution in [1.82, 2.24) is 25.2 Å². The van der Waals surface area contributed by atoms with Crippen molar-refractivity contribution >= 4 is 44.9 Å². The minimum Gasteiger partial charge on any atom is -0.445 e. The Hall–Kier alpha value is -4.21. The molecule has 0 radical (unpaired) electrons. The number of ether oxygens (including phenoxy) is 2. The highest BCUT2D eigenvalue weighted by Crippen LogP contribution is 2.46. The molecule has 1 saturated heterocycles. The number of amides is 4. The summed E-state index contributed by atoms with van der Waals surface area (Å²) in [5.74, 6) is -3.16. The highest BCUT2D eigenvalue weighted by atomic mass is 32.2. The van der Waals surface area contributed by atoms with Crippen LogP contribution >= 0.6 is 0 Å². The molecule has 1 aromatic carbocycles. The third-order valence-corrected chi connectivity index (χ3v) is 11.0. The van der Waals surface area contributed by atoms with Crippen molar-refractivity contribution in [3.63, 3.8) is 0 Å². The molecule has 14 nitrogen and oxygen atoms in total. The Balaban J connectivity index is 1.29. The first-order valence-corrected chi connectivity index (χ1v) is 18.3. The number of nitrogens with zero attached hydrogens (tertiary/aromatic N) is 2. The largest absolute Gasteiger partial charge is 0.445 e.